The van der Waals surface area contributed by atoms with Gasteiger partial charge in [0.05, 0.1) is 37.3 Å². The van der Waals surface area contributed by atoms with Crippen LogP contribution in [0.5, 0.6) is 0 Å². The molecular formula is C24H38N2O12Y2. The number of hydrogen-bond acceptors (Lipinski definition) is 8. The van der Waals surface area contributed by atoms with E-state index in [1.54, 1.807) is 0 Å². The summed E-state index contributed by atoms with van der Waals surface area (Å²) in [7, 11) is 0. The van der Waals surface area contributed by atoms with E-state index in [9.17, 15) is 29.4 Å². The minimum atomic E-state index is -1.51. The Bertz CT molecular complexity index is 856. The van der Waals surface area contributed by atoms with Gasteiger partial charge in [-0.1, -0.05) is 27.1 Å². The van der Waals surface area contributed by atoms with Crippen LogP contribution in [0.4, 0.5) is 0 Å². The van der Waals surface area contributed by atoms with Crippen molar-refractivity contribution in [1.29, 1.82) is 0 Å². The van der Waals surface area contributed by atoms with Gasteiger partial charge in [-0.3, -0.25) is 12.8 Å². The smallest absolute Gasteiger partial charge is 0.362 e. The average Bonchev–Trinajstić information content (AvgIpc) is 3.41. The van der Waals surface area contributed by atoms with Gasteiger partial charge in [0.25, 0.3) is 0 Å². The van der Waals surface area contributed by atoms with Crippen LogP contribution in [0.3, 0.4) is 0 Å². The van der Waals surface area contributed by atoms with Crippen molar-refractivity contribution in [3.8, 4) is 0 Å². The Morgan fingerprint density at radius 3 is 1.32 bits per heavy atom. The second-order valence-electron chi connectivity index (χ2n) is 10.6. The summed E-state index contributed by atoms with van der Waals surface area (Å²) in [5, 5.41) is 36.6. The molecule has 0 amide bonds. The molecule has 10 atom stereocenters. The van der Waals surface area contributed by atoms with Crippen molar-refractivity contribution >= 4 is 23.9 Å². The summed E-state index contributed by atoms with van der Waals surface area (Å²) in [6.45, 7) is 4.82. The Balaban J connectivity index is 0.000000381. The van der Waals surface area contributed by atoms with Crippen LogP contribution in [0.1, 0.15) is 39.5 Å². The Morgan fingerprint density at radius 1 is 0.750 bits per heavy atom. The van der Waals surface area contributed by atoms with Gasteiger partial charge in [-0.2, -0.15) is 0 Å². The molecule has 4 saturated heterocycles. The number of rotatable bonds is 8. The van der Waals surface area contributed by atoms with Crippen LogP contribution in [0.15, 0.2) is 0 Å². The van der Waals surface area contributed by atoms with Gasteiger partial charge in [0.15, 0.2) is 23.3 Å². The summed E-state index contributed by atoms with van der Waals surface area (Å²) in [5.41, 5.74) is 3.93. The SMILES string of the molecule is CC1[CH-]COC2C[C@@](CC([NH3+])C(=O)O)(C(=O)O)OC12.CC1[CH-]COC2C[C@@](CC([NH3+])C(=O)O)(C(=O)O)OC12.[Y].[Y]. The van der Waals surface area contributed by atoms with Crippen molar-refractivity contribution in [2.45, 2.75) is 87.2 Å². The summed E-state index contributed by atoms with van der Waals surface area (Å²) < 4.78 is 22.4. The molecule has 0 spiro atoms. The van der Waals surface area contributed by atoms with Crippen LogP contribution in [-0.2, 0) is 104 Å². The third kappa shape index (κ3) is 8.48. The molecule has 16 heteroatoms. The van der Waals surface area contributed by atoms with E-state index in [0.717, 1.165) is 0 Å². The molecule has 4 heterocycles. The second-order valence-corrected chi connectivity index (χ2v) is 10.6. The van der Waals surface area contributed by atoms with Crippen LogP contribution in [0.2, 0.25) is 0 Å². The molecule has 4 rings (SSSR count). The minimum Gasteiger partial charge on any atom is -0.479 e. The fourth-order valence-corrected chi connectivity index (χ4v) is 5.46. The molecule has 0 aliphatic carbocycles. The molecule has 4 fully saturated rings. The number of fused-ring (bicyclic) bond motifs is 2. The zero-order chi connectivity index (χ0) is 28.4. The van der Waals surface area contributed by atoms with E-state index in [4.69, 9.17) is 29.2 Å². The van der Waals surface area contributed by atoms with E-state index >= 15 is 0 Å². The predicted octanol–water partition coefficient (Wildman–Crippen LogP) is -2.16. The number of quaternary nitrogens is 2. The van der Waals surface area contributed by atoms with Crippen molar-refractivity contribution in [2.24, 2.45) is 11.8 Å². The Labute approximate surface area is 282 Å². The van der Waals surface area contributed by atoms with Crippen molar-refractivity contribution in [1.82, 2.24) is 0 Å². The number of carbonyl (C=O) groups is 4. The Kier molecular flexibility index (Phi) is 14.7. The number of aliphatic carboxylic acids is 4. The largest absolute Gasteiger partial charge is 0.479 e. The first-order chi connectivity index (χ1) is 17.7. The fourth-order valence-electron chi connectivity index (χ4n) is 5.46. The molecule has 40 heavy (non-hydrogen) atoms. The minimum absolute atomic E-state index is 0. The van der Waals surface area contributed by atoms with Crippen LogP contribution >= 0.6 is 0 Å². The van der Waals surface area contributed by atoms with E-state index in [1.807, 2.05) is 26.7 Å². The van der Waals surface area contributed by atoms with Crippen molar-refractivity contribution in [3.05, 3.63) is 12.8 Å². The van der Waals surface area contributed by atoms with Crippen LogP contribution < -0.4 is 11.5 Å². The molecule has 14 nitrogen and oxygen atoms in total. The van der Waals surface area contributed by atoms with Crippen LogP contribution in [-0.4, -0.2) is 105 Å². The van der Waals surface area contributed by atoms with Gasteiger partial charge < -0.3 is 50.8 Å². The number of carboxylic acid groups (broad SMARTS) is 4. The van der Waals surface area contributed by atoms with Gasteiger partial charge in [-0.05, 0) is 0 Å². The molecule has 0 aromatic heterocycles. The summed E-state index contributed by atoms with van der Waals surface area (Å²) in [6, 6.07) is -2.04. The Morgan fingerprint density at radius 2 is 1.07 bits per heavy atom. The molecule has 2 radical (unpaired) electrons. The zero-order valence-corrected chi connectivity index (χ0v) is 28.3. The van der Waals surface area contributed by atoms with E-state index in [1.165, 1.54) is 0 Å². The maximum Gasteiger partial charge on any atom is 0.362 e. The molecular weight excluding hydrogens is 686 g/mol. The summed E-state index contributed by atoms with van der Waals surface area (Å²) in [6.07, 6.45) is 2.65. The van der Waals surface area contributed by atoms with Gasteiger partial charge in [-0.25, -0.2) is 19.2 Å². The van der Waals surface area contributed by atoms with Crippen LogP contribution in [0.25, 0.3) is 0 Å². The van der Waals surface area contributed by atoms with E-state index in [-0.39, 0.29) is 127 Å². The van der Waals surface area contributed by atoms with Crippen LogP contribution in [0, 0.1) is 24.7 Å². The first kappa shape index (κ1) is 37.9. The summed E-state index contributed by atoms with van der Waals surface area (Å²) in [5.74, 6) is -4.36. The quantitative estimate of drug-likeness (QED) is 0.147. The van der Waals surface area contributed by atoms with Crippen molar-refractivity contribution < 1.29 is 135 Å². The molecule has 4 aliphatic heterocycles. The monoisotopic (exact) mass is 724 g/mol. The molecule has 0 bridgehead atoms. The van der Waals surface area contributed by atoms with Gasteiger partial charge >= 0.3 is 23.9 Å². The molecule has 0 aromatic carbocycles. The molecule has 0 saturated carbocycles. The van der Waals surface area contributed by atoms with Gasteiger partial charge in [0.1, 0.15) is 0 Å². The average molecular weight is 724 g/mol. The molecule has 10 N–H and O–H groups in total. The van der Waals surface area contributed by atoms with Gasteiger partial charge in [0.2, 0.25) is 0 Å². The van der Waals surface area contributed by atoms with E-state index in [0.29, 0.717) is 13.2 Å². The first-order valence-corrected chi connectivity index (χ1v) is 12.6. The summed E-state index contributed by atoms with van der Waals surface area (Å²) >= 11 is 0. The number of hydrogen-bond donors (Lipinski definition) is 6. The molecule has 4 aliphatic rings. The predicted molar refractivity (Wildman–Crippen MR) is 124 cm³/mol. The topological polar surface area (TPSA) is 241 Å². The third-order valence-corrected chi connectivity index (χ3v) is 7.74. The van der Waals surface area contributed by atoms with Gasteiger partial charge in [0, 0.05) is 78.3 Å². The maximum absolute atomic E-state index is 11.5. The number of ether oxygens (including phenoxy) is 4. The maximum atomic E-state index is 11.5. The second kappa shape index (κ2) is 15.5. The van der Waals surface area contributed by atoms with E-state index < -0.39 is 47.2 Å². The molecule has 8 unspecified atom stereocenters. The third-order valence-electron chi connectivity index (χ3n) is 7.74. The van der Waals surface area contributed by atoms with E-state index in [2.05, 4.69) is 11.5 Å². The standard InChI is InChI=1S/2C12H18NO6.2Y/c2*1-6-2-3-18-8-5-12(11(16)17,19-9(6)8)4-7(13)10(14)15;;/h2*2,6-9H,3-5,13H2,1H3,(H,14,15)(H,16,17);;/q2*-1;;/p+2/t2*6?,7?,8?,9?,12-;;/m00../s1. The van der Waals surface area contributed by atoms with Crippen molar-refractivity contribution in [3.63, 3.8) is 0 Å². The van der Waals surface area contributed by atoms with Gasteiger partial charge in [-0.15, -0.1) is 11.8 Å². The molecule has 0 aromatic rings. The fraction of sp³-hybridized carbons (Fsp3) is 0.750. The normalized spacial score (nSPS) is 37.6. The number of carboxylic acids is 4. The zero-order valence-electron chi connectivity index (χ0n) is 22.6. The first-order valence-electron chi connectivity index (χ1n) is 12.6. The molecule has 222 valence electrons. The Hall–Kier alpha value is -0.152. The van der Waals surface area contributed by atoms with Crippen molar-refractivity contribution in [2.75, 3.05) is 13.2 Å². The summed E-state index contributed by atoms with van der Waals surface area (Å²) in [4.78, 5) is 44.8.